The predicted molar refractivity (Wildman–Crippen MR) is 60.7 cm³/mol. The highest BCUT2D eigenvalue weighted by Crippen LogP contribution is 2.19. The van der Waals surface area contributed by atoms with Crippen LogP contribution in [0.25, 0.3) is 0 Å². The van der Waals surface area contributed by atoms with Gasteiger partial charge < -0.3 is 10.0 Å². The summed E-state index contributed by atoms with van der Waals surface area (Å²) >= 11 is 0. The number of hydrogen-bond acceptors (Lipinski definition) is 4. The molecule has 0 spiro atoms. The average molecular weight is 249 g/mol. The standard InChI is InChI=1S/C10H19NO4S/c1-16(14,15)7-4-10(13)11-5-2-9(8-11)3-6-12/h9,12H,2-8H2,1H3. The number of carbonyl (C=O) groups is 1. The fourth-order valence-electron chi connectivity index (χ4n) is 1.91. The van der Waals surface area contributed by atoms with Crippen LogP contribution in [-0.2, 0) is 14.6 Å². The Kier molecular flexibility index (Phi) is 4.73. The van der Waals surface area contributed by atoms with Gasteiger partial charge in [0.25, 0.3) is 0 Å². The Bertz CT molecular complexity index is 339. The molecule has 0 aliphatic carbocycles. The second kappa shape index (κ2) is 5.63. The van der Waals surface area contributed by atoms with Crippen molar-refractivity contribution in [2.75, 3.05) is 31.7 Å². The van der Waals surface area contributed by atoms with Gasteiger partial charge in [0.15, 0.2) is 0 Å². The summed E-state index contributed by atoms with van der Waals surface area (Å²) in [4.78, 5) is 13.3. The molecule has 0 bridgehead atoms. The number of hydrogen-bond donors (Lipinski definition) is 1. The Morgan fingerprint density at radius 2 is 2.19 bits per heavy atom. The summed E-state index contributed by atoms with van der Waals surface area (Å²) in [7, 11) is -3.06. The van der Waals surface area contributed by atoms with E-state index in [4.69, 9.17) is 5.11 Å². The summed E-state index contributed by atoms with van der Waals surface area (Å²) in [6.45, 7) is 1.49. The lowest BCUT2D eigenvalue weighted by atomic mass is 10.1. The molecule has 1 atom stereocenters. The summed E-state index contributed by atoms with van der Waals surface area (Å²) in [6.07, 6.45) is 2.84. The van der Waals surface area contributed by atoms with Gasteiger partial charge in [-0.25, -0.2) is 8.42 Å². The topological polar surface area (TPSA) is 74.7 Å². The molecule has 1 heterocycles. The minimum Gasteiger partial charge on any atom is -0.396 e. The van der Waals surface area contributed by atoms with Gasteiger partial charge in [-0.15, -0.1) is 0 Å². The SMILES string of the molecule is CS(=O)(=O)CCC(=O)N1CCC(CCO)C1. The van der Waals surface area contributed by atoms with Crippen LogP contribution in [-0.4, -0.2) is 56.0 Å². The van der Waals surface area contributed by atoms with E-state index in [1.165, 1.54) is 0 Å². The summed E-state index contributed by atoms with van der Waals surface area (Å²) in [5.41, 5.74) is 0. The minimum absolute atomic E-state index is 0.0741. The van der Waals surface area contributed by atoms with E-state index in [1.807, 2.05) is 0 Å². The summed E-state index contributed by atoms with van der Waals surface area (Å²) < 4.78 is 21.8. The van der Waals surface area contributed by atoms with E-state index >= 15 is 0 Å². The van der Waals surface area contributed by atoms with Crippen LogP contribution < -0.4 is 0 Å². The van der Waals surface area contributed by atoms with Crippen molar-refractivity contribution in [3.05, 3.63) is 0 Å². The van der Waals surface area contributed by atoms with Crippen LogP contribution in [0.4, 0.5) is 0 Å². The lowest BCUT2D eigenvalue weighted by Gasteiger charge is -2.15. The van der Waals surface area contributed by atoms with Crippen molar-refractivity contribution >= 4 is 15.7 Å². The normalized spacial score (nSPS) is 21.4. The van der Waals surface area contributed by atoms with Crippen molar-refractivity contribution in [1.29, 1.82) is 0 Å². The molecule has 1 unspecified atom stereocenters. The zero-order valence-corrected chi connectivity index (χ0v) is 10.4. The van der Waals surface area contributed by atoms with Gasteiger partial charge in [-0.2, -0.15) is 0 Å². The number of aliphatic hydroxyl groups is 1. The molecule has 1 N–H and O–H groups in total. The number of aliphatic hydroxyl groups excluding tert-OH is 1. The lowest BCUT2D eigenvalue weighted by Crippen LogP contribution is -2.30. The molecule has 0 aromatic heterocycles. The van der Waals surface area contributed by atoms with E-state index < -0.39 is 9.84 Å². The van der Waals surface area contributed by atoms with Crippen molar-refractivity contribution in [3.63, 3.8) is 0 Å². The molecule has 0 aromatic rings. The van der Waals surface area contributed by atoms with Crippen molar-refractivity contribution in [2.24, 2.45) is 5.92 Å². The first-order chi connectivity index (χ1) is 7.42. The molecular weight excluding hydrogens is 230 g/mol. The number of carbonyl (C=O) groups excluding carboxylic acids is 1. The summed E-state index contributed by atoms with van der Waals surface area (Å²) in [5.74, 6) is 0.200. The zero-order valence-electron chi connectivity index (χ0n) is 9.55. The first-order valence-corrected chi connectivity index (χ1v) is 7.55. The molecule has 0 radical (unpaired) electrons. The Hall–Kier alpha value is -0.620. The van der Waals surface area contributed by atoms with Gasteiger partial charge >= 0.3 is 0 Å². The van der Waals surface area contributed by atoms with E-state index in [-0.39, 0.29) is 24.7 Å². The van der Waals surface area contributed by atoms with Crippen molar-refractivity contribution in [2.45, 2.75) is 19.3 Å². The smallest absolute Gasteiger partial charge is 0.223 e. The van der Waals surface area contributed by atoms with Gasteiger partial charge in [-0.05, 0) is 18.8 Å². The van der Waals surface area contributed by atoms with Crippen LogP contribution in [0.3, 0.4) is 0 Å². The largest absolute Gasteiger partial charge is 0.396 e. The number of nitrogens with zero attached hydrogens (tertiary/aromatic N) is 1. The van der Waals surface area contributed by atoms with Crippen molar-refractivity contribution in [1.82, 2.24) is 4.90 Å². The highest BCUT2D eigenvalue weighted by molar-refractivity contribution is 7.90. The van der Waals surface area contributed by atoms with Gasteiger partial charge in [-0.3, -0.25) is 4.79 Å². The molecule has 0 aromatic carbocycles. The third-order valence-electron chi connectivity index (χ3n) is 2.86. The van der Waals surface area contributed by atoms with E-state index in [9.17, 15) is 13.2 Å². The van der Waals surface area contributed by atoms with E-state index in [2.05, 4.69) is 0 Å². The second-order valence-electron chi connectivity index (χ2n) is 4.39. The Labute approximate surface area is 96.4 Å². The molecule has 6 heteroatoms. The van der Waals surface area contributed by atoms with Gasteiger partial charge in [0.05, 0.1) is 5.75 Å². The molecule has 1 amide bonds. The zero-order chi connectivity index (χ0) is 12.2. The fourth-order valence-corrected chi connectivity index (χ4v) is 2.45. The number of sulfone groups is 1. The molecule has 1 saturated heterocycles. The van der Waals surface area contributed by atoms with E-state index in [0.29, 0.717) is 19.0 Å². The minimum atomic E-state index is -3.06. The molecule has 16 heavy (non-hydrogen) atoms. The maximum atomic E-state index is 11.6. The third-order valence-corrected chi connectivity index (χ3v) is 3.81. The average Bonchev–Trinajstić information content (AvgIpc) is 2.62. The summed E-state index contributed by atoms with van der Waals surface area (Å²) in [6, 6.07) is 0. The molecular formula is C10H19NO4S. The highest BCUT2D eigenvalue weighted by atomic mass is 32.2. The Morgan fingerprint density at radius 1 is 1.50 bits per heavy atom. The third kappa shape index (κ3) is 4.49. The molecule has 0 saturated carbocycles. The summed E-state index contributed by atoms with van der Waals surface area (Å²) in [5, 5.41) is 8.78. The fraction of sp³-hybridized carbons (Fsp3) is 0.900. The molecule has 1 fully saturated rings. The van der Waals surface area contributed by atoms with Crippen LogP contribution in [0.15, 0.2) is 0 Å². The van der Waals surface area contributed by atoms with Gasteiger partial charge in [0.1, 0.15) is 9.84 Å². The van der Waals surface area contributed by atoms with E-state index in [0.717, 1.165) is 19.1 Å². The molecule has 1 aliphatic rings. The maximum Gasteiger partial charge on any atom is 0.223 e. The maximum absolute atomic E-state index is 11.6. The highest BCUT2D eigenvalue weighted by Gasteiger charge is 2.25. The predicted octanol–water partition coefficient (Wildman–Crippen LogP) is -0.348. The number of amides is 1. The number of rotatable bonds is 5. The van der Waals surface area contributed by atoms with Gasteiger partial charge in [0, 0.05) is 32.4 Å². The van der Waals surface area contributed by atoms with E-state index in [1.54, 1.807) is 4.90 Å². The van der Waals surface area contributed by atoms with Crippen LogP contribution in [0.1, 0.15) is 19.3 Å². The second-order valence-corrected chi connectivity index (χ2v) is 6.65. The monoisotopic (exact) mass is 249 g/mol. The quantitative estimate of drug-likeness (QED) is 0.723. The number of likely N-dealkylation sites (tertiary alicyclic amines) is 1. The van der Waals surface area contributed by atoms with Gasteiger partial charge in [0.2, 0.25) is 5.91 Å². The first kappa shape index (κ1) is 13.4. The molecule has 94 valence electrons. The van der Waals surface area contributed by atoms with Crippen molar-refractivity contribution < 1.29 is 18.3 Å². The van der Waals surface area contributed by atoms with Crippen LogP contribution in [0, 0.1) is 5.92 Å². The molecule has 1 aliphatic heterocycles. The van der Waals surface area contributed by atoms with Crippen molar-refractivity contribution in [3.8, 4) is 0 Å². The van der Waals surface area contributed by atoms with Crippen LogP contribution in [0.2, 0.25) is 0 Å². The molecule has 1 rings (SSSR count). The molecule has 5 nitrogen and oxygen atoms in total. The van der Waals surface area contributed by atoms with Crippen LogP contribution >= 0.6 is 0 Å². The van der Waals surface area contributed by atoms with Crippen LogP contribution in [0.5, 0.6) is 0 Å². The lowest BCUT2D eigenvalue weighted by molar-refractivity contribution is -0.129. The first-order valence-electron chi connectivity index (χ1n) is 5.48. The Morgan fingerprint density at radius 3 is 2.75 bits per heavy atom. The Balaban J connectivity index is 2.34. The van der Waals surface area contributed by atoms with Gasteiger partial charge in [-0.1, -0.05) is 0 Å².